The van der Waals surface area contributed by atoms with Crippen LogP contribution in [0.4, 0.5) is 22.7 Å². The zero-order chi connectivity index (χ0) is 27.0. The Morgan fingerprint density at radius 1 is 0.947 bits per heavy atom. The van der Waals surface area contributed by atoms with Crippen molar-refractivity contribution in [1.82, 2.24) is 20.3 Å². The fourth-order valence-electron chi connectivity index (χ4n) is 5.20. The number of nitrogens with one attached hydrogen (secondary N) is 1. The summed E-state index contributed by atoms with van der Waals surface area (Å²) in [6, 6.07) is 6.74. The Morgan fingerprint density at radius 2 is 1.61 bits per heavy atom. The lowest BCUT2D eigenvalue weighted by Gasteiger charge is -2.33. The van der Waals surface area contributed by atoms with E-state index < -0.39 is 49.5 Å². The molecule has 1 aliphatic carbocycles. The van der Waals surface area contributed by atoms with E-state index in [1.54, 1.807) is 24.3 Å². The summed E-state index contributed by atoms with van der Waals surface area (Å²) >= 11 is 0. The van der Waals surface area contributed by atoms with Crippen molar-refractivity contribution in [1.29, 1.82) is 0 Å². The second kappa shape index (κ2) is 9.84. The fraction of sp³-hybridized carbons (Fsp3) is 0.348. The zero-order valence-electron chi connectivity index (χ0n) is 19.9. The van der Waals surface area contributed by atoms with Crippen LogP contribution in [0.3, 0.4) is 0 Å². The number of nitro groups is 3. The first-order valence-corrected chi connectivity index (χ1v) is 11.9. The van der Waals surface area contributed by atoms with Crippen LogP contribution < -0.4 is 10.2 Å². The van der Waals surface area contributed by atoms with Crippen molar-refractivity contribution in [2.75, 3.05) is 4.90 Å². The van der Waals surface area contributed by atoms with Crippen molar-refractivity contribution in [3.8, 4) is 5.69 Å². The Bertz CT molecular complexity index is 1410. The van der Waals surface area contributed by atoms with E-state index >= 15 is 0 Å². The first-order chi connectivity index (χ1) is 18.3. The van der Waals surface area contributed by atoms with Crippen molar-refractivity contribution in [2.24, 2.45) is 0 Å². The number of para-hydroxylation sites is 1. The molecule has 1 atom stereocenters. The minimum atomic E-state index is -1.24. The lowest BCUT2D eigenvalue weighted by Crippen LogP contribution is -2.45. The normalized spacial score (nSPS) is 17.2. The quantitative estimate of drug-likeness (QED) is 0.370. The smallest absolute Gasteiger partial charge is 0.306 e. The van der Waals surface area contributed by atoms with Gasteiger partial charge in [-0.25, -0.2) is 4.68 Å². The summed E-state index contributed by atoms with van der Waals surface area (Å²) in [6.07, 6.45) is 5.87. The van der Waals surface area contributed by atoms with Crippen molar-refractivity contribution in [3.63, 3.8) is 0 Å². The van der Waals surface area contributed by atoms with Crippen LogP contribution in [0.15, 0.2) is 42.6 Å². The van der Waals surface area contributed by atoms with Gasteiger partial charge in [0.25, 0.3) is 5.69 Å². The van der Waals surface area contributed by atoms with E-state index in [0.29, 0.717) is 29.1 Å². The van der Waals surface area contributed by atoms with Gasteiger partial charge in [0.1, 0.15) is 6.04 Å². The number of nitrogens with zero attached hydrogens (tertiary/aromatic N) is 7. The number of hydrogen-bond donors (Lipinski definition) is 1. The van der Waals surface area contributed by atoms with Gasteiger partial charge >= 0.3 is 11.4 Å². The number of nitro benzene ring substituents is 3. The molecule has 196 valence electrons. The molecule has 1 aliphatic heterocycles. The summed E-state index contributed by atoms with van der Waals surface area (Å²) in [5, 5.41) is 46.8. The van der Waals surface area contributed by atoms with Crippen molar-refractivity contribution in [2.45, 2.75) is 50.7 Å². The Morgan fingerprint density at radius 3 is 2.24 bits per heavy atom. The molecule has 2 aromatic carbocycles. The van der Waals surface area contributed by atoms with E-state index in [0.717, 1.165) is 32.1 Å². The number of hydrogen-bond acceptors (Lipinski definition) is 10. The van der Waals surface area contributed by atoms with Crippen molar-refractivity contribution >= 4 is 28.7 Å². The SMILES string of the molecule is O=C(NC1CCCCC1)C1c2ccccc2-n2nncc2CN1c1c([N+](=O)[O-])cc([N+](=O)[O-])cc1[N+](=O)[O-]. The minimum Gasteiger partial charge on any atom is -0.351 e. The number of fused-ring (bicyclic) bond motifs is 3. The molecule has 1 amide bonds. The highest BCUT2D eigenvalue weighted by atomic mass is 16.6. The van der Waals surface area contributed by atoms with E-state index in [2.05, 4.69) is 15.6 Å². The number of aromatic nitrogens is 3. The summed E-state index contributed by atoms with van der Waals surface area (Å²) in [5.74, 6) is -0.495. The Kier molecular flexibility index (Phi) is 6.40. The number of benzene rings is 2. The van der Waals surface area contributed by atoms with Gasteiger partial charge in [-0.3, -0.25) is 35.1 Å². The van der Waals surface area contributed by atoms with Crippen LogP contribution >= 0.6 is 0 Å². The van der Waals surface area contributed by atoms with Crippen LogP contribution in [-0.2, 0) is 11.3 Å². The molecule has 1 unspecified atom stereocenters. The lowest BCUT2D eigenvalue weighted by molar-refractivity contribution is -0.402. The molecule has 15 heteroatoms. The van der Waals surface area contributed by atoms with Crippen molar-refractivity contribution < 1.29 is 19.6 Å². The van der Waals surface area contributed by atoms with E-state index in [1.165, 1.54) is 15.8 Å². The molecule has 0 saturated heterocycles. The molecule has 3 aromatic rings. The maximum atomic E-state index is 13.9. The molecule has 5 rings (SSSR count). The molecular weight excluding hydrogens is 500 g/mol. The van der Waals surface area contributed by atoms with Crippen LogP contribution in [-0.4, -0.2) is 41.7 Å². The van der Waals surface area contributed by atoms with Gasteiger partial charge in [-0.2, -0.15) is 0 Å². The molecule has 2 heterocycles. The average molecular weight is 522 g/mol. The van der Waals surface area contributed by atoms with Gasteiger partial charge in [-0.05, 0) is 18.9 Å². The zero-order valence-corrected chi connectivity index (χ0v) is 19.9. The van der Waals surface area contributed by atoms with Crippen LogP contribution in [0.25, 0.3) is 5.69 Å². The topological polar surface area (TPSA) is 192 Å². The number of carbonyl (C=O) groups is 1. The minimum absolute atomic E-state index is 0.117. The summed E-state index contributed by atoms with van der Waals surface area (Å²) in [6.45, 7) is -0.218. The molecule has 1 N–H and O–H groups in total. The van der Waals surface area contributed by atoms with Crippen LogP contribution in [0.2, 0.25) is 0 Å². The molecule has 1 saturated carbocycles. The standard InChI is InChI=1S/C23H22N8O7/c32-23(25-14-6-2-1-3-7-14)21-17-8-4-5-9-18(17)28-16(12-24-26-28)13-27(21)22-19(30(35)36)10-15(29(33)34)11-20(22)31(37)38/h4-5,8-12,14,21H,1-3,6-7,13H2,(H,25,32). The highest BCUT2D eigenvalue weighted by molar-refractivity contribution is 5.91. The lowest BCUT2D eigenvalue weighted by atomic mass is 9.94. The summed E-state index contributed by atoms with van der Waals surface area (Å²) in [4.78, 5) is 48.1. The van der Waals surface area contributed by atoms with Crippen LogP contribution in [0.1, 0.15) is 49.4 Å². The third kappa shape index (κ3) is 4.38. The predicted molar refractivity (Wildman–Crippen MR) is 132 cm³/mol. The largest absolute Gasteiger partial charge is 0.351 e. The Balaban J connectivity index is 1.75. The number of anilines is 1. The van der Waals surface area contributed by atoms with E-state index in [-0.39, 0.29) is 12.6 Å². The monoisotopic (exact) mass is 522 g/mol. The maximum absolute atomic E-state index is 13.9. The second-order valence-corrected chi connectivity index (χ2v) is 9.17. The molecule has 0 spiro atoms. The first kappa shape index (κ1) is 24.7. The summed E-state index contributed by atoms with van der Waals surface area (Å²) < 4.78 is 1.47. The van der Waals surface area contributed by atoms with Gasteiger partial charge in [0, 0.05) is 11.6 Å². The summed E-state index contributed by atoms with van der Waals surface area (Å²) in [5.41, 5.74) is -1.76. The third-order valence-corrected chi connectivity index (χ3v) is 6.87. The van der Waals surface area contributed by atoms with E-state index in [4.69, 9.17) is 0 Å². The second-order valence-electron chi connectivity index (χ2n) is 9.17. The third-order valence-electron chi connectivity index (χ3n) is 6.87. The van der Waals surface area contributed by atoms with Crippen LogP contribution in [0, 0.1) is 30.3 Å². The number of non-ortho nitro benzene ring substituents is 1. The molecule has 0 bridgehead atoms. The van der Waals surface area contributed by atoms with Gasteiger partial charge in [0.15, 0.2) is 5.69 Å². The molecule has 2 aliphatic rings. The van der Waals surface area contributed by atoms with Gasteiger partial charge < -0.3 is 10.2 Å². The van der Waals surface area contributed by atoms with Gasteiger partial charge in [-0.1, -0.05) is 42.7 Å². The number of rotatable bonds is 6. The Labute approximate surface area is 214 Å². The Hall–Kier alpha value is -4.95. The number of carbonyl (C=O) groups excluding carboxylic acids is 1. The van der Waals surface area contributed by atoms with Gasteiger partial charge in [-0.15, -0.1) is 5.10 Å². The highest BCUT2D eigenvalue weighted by Crippen LogP contribution is 2.46. The molecule has 1 fully saturated rings. The highest BCUT2D eigenvalue weighted by Gasteiger charge is 2.43. The summed E-state index contributed by atoms with van der Waals surface area (Å²) in [7, 11) is 0. The first-order valence-electron chi connectivity index (χ1n) is 11.9. The van der Waals surface area contributed by atoms with E-state index in [9.17, 15) is 35.1 Å². The van der Waals surface area contributed by atoms with Gasteiger partial charge in [0.05, 0.1) is 51.0 Å². The van der Waals surface area contributed by atoms with Crippen molar-refractivity contribution in [3.05, 3.63) is 84.2 Å². The average Bonchev–Trinajstić information content (AvgIpc) is 3.31. The van der Waals surface area contributed by atoms with Gasteiger partial charge in [0.2, 0.25) is 5.91 Å². The maximum Gasteiger partial charge on any atom is 0.306 e. The predicted octanol–water partition coefficient (Wildman–Crippen LogP) is 3.50. The molecule has 1 aromatic heterocycles. The molecule has 0 radical (unpaired) electrons. The molecule has 38 heavy (non-hydrogen) atoms. The number of amides is 1. The molecule has 15 nitrogen and oxygen atoms in total. The molecular formula is C23H22N8O7. The van der Waals surface area contributed by atoms with Crippen LogP contribution in [0.5, 0.6) is 0 Å². The van der Waals surface area contributed by atoms with E-state index in [1.807, 2.05) is 0 Å². The fourth-order valence-corrected chi connectivity index (χ4v) is 5.20.